The van der Waals surface area contributed by atoms with Crippen molar-refractivity contribution < 1.29 is 9.84 Å². The lowest BCUT2D eigenvalue weighted by Gasteiger charge is -2.15. The van der Waals surface area contributed by atoms with Crippen LogP contribution in [0.15, 0.2) is 42.5 Å². The fourth-order valence-electron chi connectivity index (χ4n) is 2.15. The molecule has 0 aliphatic rings. The molecule has 106 valence electrons. The van der Waals surface area contributed by atoms with E-state index >= 15 is 0 Å². The predicted octanol–water partition coefficient (Wildman–Crippen LogP) is 4.96. The van der Waals surface area contributed by atoms with E-state index in [-0.39, 0.29) is 0 Å². The summed E-state index contributed by atoms with van der Waals surface area (Å²) in [5.74, 6) is 2.12. The van der Waals surface area contributed by atoms with Gasteiger partial charge in [0.2, 0.25) is 0 Å². The van der Waals surface area contributed by atoms with Gasteiger partial charge < -0.3 is 9.84 Å². The summed E-state index contributed by atoms with van der Waals surface area (Å²) in [7, 11) is 0. The number of aliphatic hydroxyl groups is 1. The van der Waals surface area contributed by atoms with Gasteiger partial charge in [0.25, 0.3) is 0 Å². The SMILES string of the molecule is Cc1ccc(C(C)C)c(Oc2ccc([C@H](C)O)cc2)c1. The van der Waals surface area contributed by atoms with Crippen LogP contribution in [0.1, 0.15) is 49.5 Å². The second-order valence-corrected chi connectivity index (χ2v) is 5.54. The van der Waals surface area contributed by atoms with Gasteiger partial charge in [0.1, 0.15) is 11.5 Å². The smallest absolute Gasteiger partial charge is 0.131 e. The molecule has 0 aromatic heterocycles. The Labute approximate surface area is 121 Å². The molecule has 0 bridgehead atoms. The van der Waals surface area contributed by atoms with Gasteiger partial charge in [-0.25, -0.2) is 0 Å². The van der Waals surface area contributed by atoms with Crippen LogP contribution >= 0.6 is 0 Å². The second kappa shape index (κ2) is 6.10. The van der Waals surface area contributed by atoms with E-state index in [2.05, 4.69) is 39.0 Å². The summed E-state index contributed by atoms with van der Waals surface area (Å²) in [4.78, 5) is 0. The standard InChI is InChI=1S/C18H22O2/c1-12(2)17-10-5-13(3)11-18(17)20-16-8-6-15(7-9-16)14(4)19/h5-12,14,19H,1-4H3/t14-/m0/s1. The third-order valence-electron chi connectivity index (χ3n) is 3.38. The minimum Gasteiger partial charge on any atom is -0.457 e. The molecule has 0 spiro atoms. The van der Waals surface area contributed by atoms with E-state index in [0.717, 1.165) is 17.1 Å². The van der Waals surface area contributed by atoms with Crippen molar-refractivity contribution in [2.45, 2.75) is 39.7 Å². The van der Waals surface area contributed by atoms with Gasteiger partial charge in [-0.3, -0.25) is 0 Å². The summed E-state index contributed by atoms with van der Waals surface area (Å²) in [6.07, 6.45) is -0.450. The Morgan fingerprint density at radius 1 is 0.950 bits per heavy atom. The first-order valence-electron chi connectivity index (χ1n) is 7.04. The van der Waals surface area contributed by atoms with Gasteiger partial charge in [-0.2, -0.15) is 0 Å². The summed E-state index contributed by atoms with van der Waals surface area (Å²) in [6.45, 7) is 8.14. The Kier molecular flexibility index (Phi) is 4.46. The minimum atomic E-state index is -0.450. The zero-order valence-corrected chi connectivity index (χ0v) is 12.6. The number of ether oxygens (including phenoxy) is 1. The van der Waals surface area contributed by atoms with Crippen LogP contribution in [-0.4, -0.2) is 5.11 Å². The van der Waals surface area contributed by atoms with E-state index in [4.69, 9.17) is 4.74 Å². The number of aliphatic hydroxyl groups excluding tert-OH is 1. The summed E-state index contributed by atoms with van der Waals surface area (Å²) < 4.78 is 6.00. The normalized spacial score (nSPS) is 12.5. The molecule has 2 aromatic rings. The molecule has 0 saturated heterocycles. The second-order valence-electron chi connectivity index (χ2n) is 5.54. The number of hydrogen-bond acceptors (Lipinski definition) is 2. The van der Waals surface area contributed by atoms with Crippen LogP contribution in [0.4, 0.5) is 0 Å². The first-order valence-corrected chi connectivity index (χ1v) is 7.04. The molecule has 1 atom stereocenters. The van der Waals surface area contributed by atoms with Crippen LogP contribution in [-0.2, 0) is 0 Å². The third-order valence-corrected chi connectivity index (χ3v) is 3.38. The highest BCUT2D eigenvalue weighted by Gasteiger charge is 2.09. The van der Waals surface area contributed by atoms with Crippen molar-refractivity contribution in [2.75, 3.05) is 0 Å². The van der Waals surface area contributed by atoms with Gasteiger partial charge in [0.05, 0.1) is 6.10 Å². The highest BCUT2D eigenvalue weighted by atomic mass is 16.5. The summed E-state index contributed by atoms with van der Waals surface area (Å²) in [5, 5.41) is 9.52. The van der Waals surface area contributed by atoms with Crippen molar-refractivity contribution >= 4 is 0 Å². The topological polar surface area (TPSA) is 29.5 Å². The van der Waals surface area contributed by atoms with Gasteiger partial charge in [0, 0.05) is 0 Å². The average molecular weight is 270 g/mol. The lowest BCUT2D eigenvalue weighted by molar-refractivity contribution is 0.199. The molecule has 2 rings (SSSR count). The predicted molar refractivity (Wildman–Crippen MR) is 82.4 cm³/mol. The van der Waals surface area contributed by atoms with E-state index in [1.54, 1.807) is 6.92 Å². The first-order chi connectivity index (χ1) is 9.47. The fourth-order valence-corrected chi connectivity index (χ4v) is 2.15. The zero-order chi connectivity index (χ0) is 14.7. The zero-order valence-electron chi connectivity index (χ0n) is 12.6. The molecule has 0 amide bonds. The molecule has 0 radical (unpaired) electrons. The Hall–Kier alpha value is -1.80. The molecule has 2 heteroatoms. The van der Waals surface area contributed by atoms with Crippen molar-refractivity contribution in [2.24, 2.45) is 0 Å². The fraction of sp³-hybridized carbons (Fsp3) is 0.333. The molecule has 20 heavy (non-hydrogen) atoms. The number of rotatable bonds is 4. The highest BCUT2D eigenvalue weighted by Crippen LogP contribution is 2.31. The molecule has 0 unspecified atom stereocenters. The molecule has 2 nitrogen and oxygen atoms in total. The van der Waals surface area contributed by atoms with Gasteiger partial charge in [-0.05, 0) is 54.7 Å². The molecule has 0 fully saturated rings. The maximum Gasteiger partial charge on any atom is 0.131 e. The van der Waals surface area contributed by atoms with Crippen molar-refractivity contribution in [1.29, 1.82) is 0 Å². The Morgan fingerprint density at radius 2 is 1.60 bits per heavy atom. The van der Waals surface area contributed by atoms with Crippen LogP contribution in [0.3, 0.4) is 0 Å². The van der Waals surface area contributed by atoms with E-state index in [1.165, 1.54) is 11.1 Å². The van der Waals surface area contributed by atoms with E-state index in [1.807, 2.05) is 24.3 Å². The number of aryl methyl sites for hydroxylation is 1. The molecular weight excluding hydrogens is 248 g/mol. The summed E-state index contributed by atoms with van der Waals surface area (Å²) >= 11 is 0. The Morgan fingerprint density at radius 3 is 2.15 bits per heavy atom. The highest BCUT2D eigenvalue weighted by molar-refractivity contribution is 5.42. The third kappa shape index (κ3) is 3.40. The van der Waals surface area contributed by atoms with E-state index in [9.17, 15) is 5.11 Å². The Bertz CT molecular complexity index is 568. The first kappa shape index (κ1) is 14.6. The molecule has 0 aliphatic heterocycles. The largest absolute Gasteiger partial charge is 0.457 e. The van der Waals surface area contributed by atoms with Crippen LogP contribution in [0.2, 0.25) is 0 Å². The molecular formula is C18H22O2. The molecule has 2 aromatic carbocycles. The van der Waals surface area contributed by atoms with E-state index in [0.29, 0.717) is 5.92 Å². The summed E-state index contributed by atoms with van der Waals surface area (Å²) in [6, 6.07) is 13.9. The monoisotopic (exact) mass is 270 g/mol. The Balaban J connectivity index is 2.27. The molecule has 0 heterocycles. The summed E-state index contributed by atoms with van der Waals surface area (Å²) in [5.41, 5.74) is 3.28. The van der Waals surface area contributed by atoms with Crippen LogP contribution in [0.25, 0.3) is 0 Å². The lowest BCUT2D eigenvalue weighted by Crippen LogP contribution is -1.95. The van der Waals surface area contributed by atoms with Gasteiger partial charge in [-0.1, -0.05) is 38.1 Å². The number of benzene rings is 2. The molecule has 1 N–H and O–H groups in total. The van der Waals surface area contributed by atoms with Crippen LogP contribution < -0.4 is 4.74 Å². The van der Waals surface area contributed by atoms with Gasteiger partial charge >= 0.3 is 0 Å². The van der Waals surface area contributed by atoms with Crippen molar-refractivity contribution in [3.8, 4) is 11.5 Å². The molecule has 0 saturated carbocycles. The maximum atomic E-state index is 9.52. The van der Waals surface area contributed by atoms with Crippen molar-refractivity contribution in [3.63, 3.8) is 0 Å². The van der Waals surface area contributed by atoms with Crippen LogP contribution in [0.5, 0.6) is 11.5 Å². The molecule has 0 aliphatic carbocycles. The van der Waals surface area contributed by atoms with Crippen molar-refractivity contribution in [3.05, 3.63) is 59.2 Å². The van der Waals surface area contributed by atoms with Gasteiger partial charge in [0.15, 0.2) is 0 Å². The van der Waals surface area contributed by atoms with Gasteiger partial charge in [-0.15, -0.1) is 0 Å². The quantitative estimate of drug-likeness (QED) is 0.850. The van der Waals surface area contributed by atoms with Crippen molar-refractivity contribution in [1.82, 2.24) is 0 Å². The number of hydrogen-bond donors (Lipinski definition) is 1. The van der Waals surface area contributed by atoms with E-state index < -0.39 is 6.10 Å². The van der Waals surface area contributed by atoms with Crippen LogP contribution in [0, 0.1) is 6.92 Å². The maximum absolute atomic E-state index is 9.52. The average Bonchev–Trinajstić information content (AvgIpc) is 2.39. The minimum absolute atomic E-state index is 0.419. The lowest BCUT2D eigenvalue weighted by atomic mass is 10.0.